The molecule has 3 rings (SSSR count). The average Bonchev–Trinajstić information content (AvgIpc) is 3.13. The Morgan fingerprint density at radius 1 is 1.30 bits per heavy atom. The molecule has 2 heterocycles. The number of amides is 3. The summed E-state index contributed by atoms with van der Waals surface area (Å²) in [4.78, 5) is 24.1. The van der Waals surface area contributed by atoms with Crippen molar-refractivity contribution in [2.24, 2.45) is 0 Å². The summed E-state index contributed by atoms with van der Waals surface area (Å²) in [6.45, 7) is 2.48. The van der Waals surface area contributed by atoms with Crippen LogP contribution in [0.15, 0.2) is 33.9 Å². The maximum Gasteiger partial charge on any atom is 0.324 e. The van der Waals surface area contributed by atoms with Crippen LogP contribution in [0.2, 0.25) is 0 Å². The standard InChI is InChI=1S/C15H16N4O3S/c1-10-5-2-3-6-11(10)13-17-18-15(22-13)23-8-4-7-19-12(20)9-16-14(19)21/h2-3,5-6H,4,7-9H2,1H3,(H,16,21). The maximum absolute atomic E-state index is 11.4. The topological polar surface area (TPSA) is 88.3 Å². The Morgan fingerprint density at radius 2 is 2.13 bits per heavy atom. The van der Waals surface area contributed by atoms with Crippen molar-refractivity contribution in [1.82, 2.24) is 20.4 Å². The molecule has 1 fully saturated rings. The molecule has 0 aliphatic carbocycles. The fourth-order valence-corrected chi connectivity index (χ4v) is 2.94. The van der Waals surface area contributed by atoms with E-state index < -0.39 is 0 Å². The molecule has 3 amide bonds. The second-order valence-electron chi connectivity index (χ2n) is 5.09. The molecule has 0 radical (unpaired) electrons. The molecule has 0 saturated carbocycles. The van der Waals surface area contributed by atoms with E-state index in [0.29, 0.717) is 29.8 Å². The van der Waals surface area contributed by atoms with Crippen LogP contribution in [0.1, 0.15) is 12.0 Å². The van der Waals surface area contributed by atoms with Gasteiger partial charge in [0, 0.05) is 17.9 Å². The third kappa shape index (κ3) is 3.53. The lowest BCUT2D eigenvalue weighted by Gasteiger charge is -2.10. The zero-order chi connectivity index (χ0) is 16.2. The monoisotopic (exact) mass is 332 g/mol. The van der Waals surface area contributed by atoms with Crippen molar-refractivity contribution in [1.29, 1.82) is 0 Å². The van der Waals surface area contributed by atoms with Crippen LogP contribution in [0.25, 0.3) is 11.5 Å². The molecule has 1 aliphatic rings. The Bertz CT molecular complexity index is 715. The molecule has 120 valence electrons. The van der Waals surface area contributed by atoms with Gasteiger partial charge in [-0.05, 0) is 25.0 Å². The van der Waals surface area contributed by atoms with E-state index in [0.717, 1.165) is 11.1 Å². The normalized spacial score (nSPS) is 14.4. The lowest BCUT2D eigenvalue weighted by molar-refractivity contribution is -0.124. The number of thioether (sulfide) groups is 1. The first-order valence-electron chi connectivity index (χ1n) is 7.25. The Hall–Kier alpha value is -2.35. The number of benzene rings is 1. The van der Waals surface area contributed by atoms with Crippen LogP contribution in [0.4, 0.5) is 4.79 Å². The highest BCUT2D eigenvalue weighted by Crippen LogP contribution is 2.25. The Kier molecular flexibility index (Phi) is 4.61. The number of carbonyl (C=O) groups excluding carboxylic acids is 2. The lowest BCUT2D eigenvalue weighted by Crippen LogP contribution is -2.32. The van der Waals surface area contributed by atoms with E-state index in [1.807, 2.05) is 31.2 Å². The fourth-order valence-electron chi connectivity index (χ4n) is 2.25. The van der Waals surface area contributed by atoms with Crippen molar-refractivity contribution >= 4 is 23.7 Å². The van der Waals surface area contributed by atoms with E-state index in [1.165, 1.54) is 16.7 Å². The minimum Gasteiger partial charge on any atom is -0.411 e. The lowest BCUT2D eigenvalue weighted by atomic mass is 10.1. The van der Waals surface area contributed by atoms with E-state index >= 15 is 0 Å². The van der Waals surface area contributed by atoms with Gasteiger partial charge in [0.15, 0.2) is 0 Å². The van der Waals surface area contributed by atoms with Gasteiger partial charge in [0.25, 0.3) is 5.22 Å². The summed E-state index contributed by atoms with van der Waals surface area (Å²) in [5, 5.41) is 11.1. The molecule has 7 nitrogen and oxygen atoms in total. The van der Waals surface area contributed by atoms with Gasteiger partial charge in [-0.1, -0.05) is 30.0 Å². The minimum atomic E-state index is -0.320. The van der Waals surface area contributed by atoms with E-state index in [2.05, 4.69) is 15.5 Å². The molecular weight excluding hydrogens is 316 g/mol. The summed E-state index contributed by atoms with van der Waals surface area (Å²) in [5.41, 5.74) is 2.00. The van der Waals surface area contributed by atoms with Gasteiger partial charge >= 0.3 is 6.03 Å². The Labute approximate surface area is 137 Å². The first-order chi connectivity index (χ1) is 11.1. The van der Waals surface area contributed by atoms with Gasteiger partial charge < -0.3 is 9.73 Å². The first-order valence-corrected chi connectivity index (χ1v) is 8.24. The van der Waals surface area contributed by atoms with Gasteiger partial charge in [0.1, 0.15) is 0 Å². The van der Waals surface area contributed by atoms with Crippen molar-refractivity contribution < 1.29 is 14.0 Å². The molecule has 1 aromatic carbocycles. The number of rotatable bonds is 6. The molecule has 0 unspecified atom stereocenters. The second kappa shape index (κ2) is 6.82. The SMILES string of the molecule is Cc1ccccc1-c1nnc(SCCCN2C(=O)CNC2=O)o1. The molecule has 23 heavy (non-hydrogen) atoms. The van der Waals surface area contributed by atoms with Crippen molar-refractivity contribution in [3.05, 3.63) is 29.8 Å². The third-order valence-corrected chi connectivity index (χ3v) is 4.38. The van der Waals surface area contributed by atoms with Crippen molar-refractivity contribution in [3.8, 4) is 11.5 Å². The van der Waals surface area contributed by atoms with Gasteiger partial charge in [-0.3, -0.25) is 9.69 Å². The second-order valence-corrected chi connectivity index (χ2v) is 6.14. The maximum atomic E-state index is 11.4. The number of aromatic nitrogens is 2. The number of urea groups is 1. The van der Waals surface area contributed by atoms with Crippen LogP contribution in [0.5, 0.6) is 0 Å². The smallest absolute Gasteiger partial charge is 0.324 e. The first kappa shape index (κ1) is 15.5. The van der Waals surface area contributed by atoms with Crippen LogP contribution >= 0.6 is 11.8 Å². The molecule has 1 N–H and O–H groups in total. The zero-order valence-electron chi connectivity index (χ0n) is 12.6. The number of nitrogens with one attached hydrogen (secondary N) is 1. The van der Waals surface area contributed by atoms with Crippen molar-refractivity contribution in [3.63, 3.8) is 0 Å². The molecule has 8 heteroatoms. The summed E-state index contributed by atoms with van der Waals surface area (Å²) in [6.07, 6.45) is 0.673. The summed E-state index contributed by atoms with van der Waals surface area (Å²) < 4.78 is 5.65. The molecule has 2 aromatic rings. The highest BCUT2D eigenvalue weighted by Gasteiger charge is 2.27. The minimum absolute atomic E-state index is 0.0927. The van der Waals surface area contributed by atoms with Gasteiger partial charge in [-0.25, -0.2) is 4.79 Å². The number of hydrogen-bond donors (Lipinski definition) is 1. The van der Waals surface area contributed by atoms with Crippen LogP contribution in [-0.2, 0) is 4.79 Å². The van der Waals surface area contributed by atoms with Gasteiger partial charge in [0.2, 0.25) is 11.8 Å². The van der Waals surface area contributed by atoms with Gasteiger partial charge in [-0.2, -0.15) is 0 Å². The number of imide groups is 1. The summed E-state index contributed by atoms with van der Waals surface area (Å²) >= 11 is 1.42. The summed E-state index contributed by atoms with van der Waals surface area (Å²) in [7, 11) is 0. The van der Waals surface area contributed by atoms with Crippen molar-refractivity contribution in [2.45, 2.75) is 18.6 Å². The molecule has 0 bridgehead atoms. The highest BCUT2D eigenvalue weighted by molar-refractivity contribution is 7.99. The molecule has 0 atom stereocenters. The molecule has 0 spiro atoms. The van der Waals surface area contributed by atoms with Gasteiger partial charge in [0.05, 0.1) is 6.54 Å². The summed E-state index contributed by atoms with van der Waals surface area (Å²) in [6, 6.07) is 7.50. The Morgan fingerprint density at radius 3 is 2.87 bits per heavy atom. The average molecular weight is 332 g/mol. The zero-order valence-corrected chi connectivity index (χ0v) is 13.4. The molecule has 1 saturated heterocycles. The van der Waals surface area contributed by atoms with Gasteiger partial charge in [-0.15, -0.1) is 10.2 Å². The predicted octanol–water partition coefficient (Wildman–Crippen LogP) is 2.08. The van der Waals surface area contributed by atoms with Crippen LogP contribution in [0.3, 0.4) is 0 Å². The quantitative estimate of drug-likeness (QED) is 0.495. The number of aryl methyl sites for hydroxylation is 1. The largest absolute Gasteiger partial charge is 0.411 e. The van der Waals surface area contributed by atoms with E-state index in [1.54, 1.807) is 0 Å². The van der Waals surface area contributed by atoms with Crippen LogP contribution < -0.4 is 5.32 Å². The predicted molar refractivity (Wildman–Crippen MR) is 84.9 cm³/mol. The molecule has 1 aliphatic heterocycles. The van der Waals surface area contributed by atoms with E-state index in [4.69, 9.17) is 4.42 Å². The van der Waals surface area contributed by atoms with Crippen LogP contribution in [-0.4, -0.2) is 45.9 Å². The number of hydrogen-bond acceptors (Lipinski definition) is 6. The molecular formula is C15H16N4O3S. The number of nitrogens with zero attached hydrogens (tertiary/aromatic N) is 3. The van der Waals surface area contributed by atoms with Crippen LogP contribution in [0, 0.1) is 6.92 Å². The highest BCUT2D eigenvalue weighted by atomic mass is 32.2. The van der Waals surface area contributed by atoms with Crippen molar-refractivity contribution in [2.75, 3.05) is 18.8 Å². The summed E-state index contributed by atoms with van der Waals surface area (Å²) in [5.74, 6) is 1.01. The molecule has 1 aromatic heterocycles. The van der Waals surface area contributed by atoms with E-state index in [-0.39, 0.29) is 18.5 Å². The van der Waals surface area contributed by atoms with E-state index in [9.17, 15) is 9.59 Å². The fraction of sp³-hybridized carbons (Fsp3) is 0.333. The third-order valence-electron chi connectivity index (χ3n) is 3.47. The number of carbonyl (C=O) groups is 2. The Balaban J connectivity index is 1.51.